The molecule has 0 saturated carbocycles. The fraction of sp³-hybridized carbons (Fsp3) is 0.348. The number of pyridine rings is 1. The Morgan fingerprint density at radius 3 is 2.66 bits per heavy atom. The molecule has 1 aromatic carbocycles. The highest BCUT2D eigenvalue weighted by Crippen LogP contribution is 2.26. The summed E-state index contributed by atoms with van der Waals surface area (Å²) >= 11 is 1.46. The molecule has 1 N–H and O–H groups in total. The molecule has 1 saturated heterocycles. The normalized spacial score (nSPS) is 15.3. The zero-order valence-corrected chi connectivity index (χ0v) is 19.6. The number of nitrogens with zero attached hydrogens (tertiary/aromatic N) is 3. The maximum Gasteiger partial charge on any atom is 0.243 e. The van der Waals surface area contributed by atoms with Crippen LogP contribution in [0.2, 0.25) is 0 Å². The standard InChI is InChI=1S/C23H26N4O3S2/c1-17-8-9-19(13-21(17)32(29,30)27-11-4-2-3-5-12-27)25-22(28)14-20-16-31-23(26-20)18-7-6-10-24-15-18/h6-10,13,15-16H,2-5,11-12,14H2,1H3,(H,25,28). The molecule has 3 aromatic rings. The third-order valence-electron chi connectivity index (χ3n) is 5.46. The number of anilines is 1. The molecule has 9 heteroatoms. The van der Waals surface area contributed by atoms with Gasteiger partial charge in [0.25, 0.3) is 0 Å². The predicted octanol–water partition coefficient (Wildman–Crippen LogP) is 4.26. The number of benzene rings is 1. The molecule has 1 aliphatic heterocycles. The molecule has 3 heterocycles. The van der Waals surface area contributed by atoms with Crippen LogP contribution in [0.4, 0.5) is 5.69 Å². The molecule has 0 aliphatic carbocycles. The summed E-state index contributed by atoms with van der Waals surface area (Å²) in [6.07, 6.45) is 7.42. The third kappa shape index (κ3) is 5.23. The molecular formula is C23H26N4O3S2. The molecule has 32 heavy (non-hydrogen) atoms. The molecular weight excluding hydrogens is 444 g/mol. The summed E-state index contributed by atoms with van der Waals surface area (Å²) in [5.74, 6) is -0.241. The van der Waals surface area contributed by atoms with Crippen LogP contribution in [0.3, 0.4) is 0 Å². The molecule has 0 radical (unpaired) electrons. The van der Waals surface area contributed by atoms with Crippen LogP contribution >= 0.6 is 11.3 Å². The Labute approximate surface area is 192 Å². The van der Waals surface area contributed by atoms with Crippen molar-refractivity contribution in [3.8, 4) is 10.6 Å². The SMILES string of the molecule is Cc1ccc(NC(=O)Cc2csc(-c3cccnc3)n2)cc1S(=O)(=O)N1CCCCCC1. The Morgan fingerprint density at radius 1 is 1.16 bits per heavy atom. The van der Waals surface area contributed by atoms with Gasteiger partial charge < -0.3 is 5.32 Å². The maximum atomic E-state index is 13.2. The number of aromatic nitrogens is 2. The van der Waals surface area contributed by atoms with E-state index < -0.39 is 10.0 Å². The highest BCUT2D eigenvalue weighted by atomic mass is 32.2. The summed E-state index contributed by atoms with van der Waals surface area (Å²) in [5, 5.41) is 5.49. The molecule has 168 valence electrons. The summed E-state index contributed by atoms with van der Waals surface area (Å²) in [6, 6.07) is 8.81. The Hall–Kier alpha value is -2.62. The number of amides is 1. The van der Waals surface area contributed by atoms with Crippen molar-refractivity contribution in [2.45, 2.75) is 43.9 Å². The van der Waals surface area contributed by atoms with E-state index in [2.05, 4.69) is 15.3 Å². The second-order valence-corrected chi connectivity index (χ2v) is 10.7. The lowest BCUT2D eigenvalue weighted by atomic mass is 10.2. The van der Waals surface area contributed by atoms with Crippen molar-refractivity contribution in [3.63, 3.8) is 0 Å². The lowest BCUT2D eigenvalue weighted by Gasteiger charge is -2.21. The molecule has 1 amide bonds. The minimum Gasteiger partial charge on any atom is -0.326 e. The van der Waals surface area contributed by atoms with Gasteiger partial charge in [-0.25, -0.2) is 13.4 Å². The molecule has 2 aromatic heterocycles. The van der Waals surface area contributed by atoms with Crippen molar-refractivity contribution in [2.24, 2.45) is 0 Å². The Bertz CT molecular complexity index is 1180. The van der Waals surface area contributed by atoms with Gasteiger partial charge in [-0.05, 0) is 49.6 Å². The smallest absolute Gasteiger partial charge is 0.243 e. The van der Waals surface area contributed by atoms with E-state index in [1.54, 1.807) is 41.8 Å². The quantitative estimate of drug-likeness (QED) is 0.581. The first-order chi connectivity index (χ1) is 15.4. The van der Waals surface area contributed by atoms with Crippen molar-refractivity contribution in [3.05, 3.63) is 59.4 Å². The number of carbonyl (C=O) groups excluding carboxylic acids is 1. The average Bonchev–Trinajstić information content (AvgIpc) is 3.06. The molecule has 0 unspecified atom stereocenters. The van der Waals surface area contributed by atoms with Crippen LogP contribution in [-0.4, -0.2) is 41.7 Å². The number of sulfonamides is 1. The molecule has 0 atom stereocenters. The predicted molar refractivity (Wildman–Crippen MR) is 126 cm³/mol. The van der Waals surface area contributed by atoms with Crippen molar-refractivity contribution < 1.29 is 13.2 Å². The summed E-state index contributed by atoms with van der Waals surface area (Å²) in [7, 11) is -3.60. The molecule has 0 bridgehead atoms. The lowest BCUT2D eigenvalue weighted by molar-refractivity contribution is -0.115. The molecule has 7 nitrogen and oxygen atoms in total. The monoisotopic (exact) mass is 470 g/mol. The lowest BCUT2D eigenvalue weighted by Crippen LogP contribution is -2.32. The first-order valence-corrected chi connectivity index (χ1v) is 13.0. The Kier molecular flexibility index (Phi) is 6.98. The number of thiazole rings is 1. The minimum atomic E-state index is -3.60. The summed E-state index contributed by atoms with van der Waals surface area (Å²) < 4.78 is 28.0. The summed E-state index contributed by atoms with van der Waals surface area (Å²) in [4.78, 5) is 21.5. The first kappa shape index (κ1) is 22.6. The van der Waals surface area contributed by atoms with Gasteiger partial charge in [-0.1, -0.05) is 18.9 Å². The van der Waals surface area contributed by atoms with Gasteiger partial charge in [0.05, 0.1) is 17.0 Å². The fourth-order valence-electron chi connectivity index (χ4n) is 3.76. The molecule has 4 rings (SSSR count). The van der Waals surface area contributed by atoms with E-state index in [0.717, 1.165) is 36.3 Å². The van der Waals surface area contributed by atoms with E-state index >= 15 is 0 Å². The zero-order valence-electron chi connectivity index (χ0n) is 18.0. The topological polar surface area (TPSA) is 92.3 Å². The highest BCUT2D eigenvalue weighted by molar-refractivity contribution is 7.89. The van der Waals surface area contributed by atoms with E-state index in [1.165, 1.54) is 11.3 Å². The van der Waals surface area contributed by atoms with Crippen LogP contribution in [0.15, 0.2) is 53.0 Å². The van der Waals surface area contributed by atoms with Crippen molar-refractivity contribution >= 4 is 33.0 Å². The van der Waals surface area contributed by atoms with Crippen molar-refractivity contribution in [1.29, 1.82) is 0 Å². The van der Waals surface area contributed by atoms with Crippen LogP contribution in [0, 0.1) is 6.92 Å². The van der Waals surface area contributed by atoms with E-state index in [-0.39, 0.29) is 17.2 Å². The van der Waals surface area contributed by atoms with Crippen LogP contribution < -0.4 is 5.32 Å². The van der Waals surface area contributed by atoms with Gasteiger partial charge in [0.15, 0.2) is 0 Å². The third-order valence-corrected chi connectivity index (χ3v) is 8.44. The number of hydrogen-bond acceptors (Lipinski definition) is 6. The van der Waals surface area contributed by atoms with Crippen LogP contribution in [0.25, 0.3) is 10.6 Å². The maximum absolute atomic E-state index is 13.2. The first-order valence-electron chi connectivity index (χ1n) is 10.7. The van der Waals surface area contributed by atoms with E-state index in [0.29, 0.717) is 30.0 Å². The zero-order chi connectivity index (χ0) is 22.6. The van der Waals surface area contributed by atoms with E-state index in [9.17, 15) is 13.2 Å². The van der Waals surface area contributed by atoms with Gasteiger partial charge >= 0.3 is 0 Å². The molecule has 0 spiro atoms. The van der Waals surface area contributed by atoms with Gasteiger partial charge in [-0.3, -0.25) is 9.78 Å². The summed E-state index contributed by atoms with van der Waals surface area (Å²) in [6.45, 7) is 2.87. The Morgan fingerprint density at radius 2 is 1.94 bits per heavy atom. The van der Waals surface area contributed by atoms with Gasteiger partial charge in [-0.15, -0.1) is 11.3 Å². The van der Waals surface area contributed by atoms with E-state index in [1.807, 2.05) is 17.5 Å². The van der Waals surface area contributed by atoms with Crippen LogP contribution in [-0.2, 0) is 21.2 Å². The van der Waals surface area contributed by atoms with E-state index in [4.69, 9.17) is 0 Å². The van der Waals surface area contributed by atoms with Crippen molar-refractivity contribution in [1.82, 2.24) is 14.3 Å². The van der Waals surface area contributed by atoms with Gasteiger partial charge in [-0.2, -0.15) is 4.31 Å². The van der Waals surface area contributed by atoms with Gasteiger partial charge in [0.1, 0.15) is 5.01 Å². The highest BCUT2D eigenvalue weighted by Gasteiger charge is 2.27. The Balaban J connectivity index is 1.47. The van der Waals surface area contributed by atoms with Crippen LogP contribution in [0.5, 0.6) is 0 Å². The van der Waals surface area contributed by atoms with Gasteiger partial charge in [0, 0.05) is 42.1 Å². The summed E-state index contributed by atoms with van der Waals surface area (Å²) in [5.41, 5.74) is 2.71. The van der Waals surface area contributed by atoms with Gasteiger partial charge in [0.2, 0.25) is 15.9 Å². The second-order valence-electron chi connectivity index (χ2n) is 7.91. The average molecular weight is 471 g/mol. The molecule has 1 aliphatic rings. The van der Waals surface area contributed by atoms with Crippen LogP contribution in [0.1, 0.15) is 36.9 Å². The van der Waals surface area contributed by atoms with Crippen molar-refractivity contribution in [2.75, 3.05) is 18.4 Å². The number of rotatable bonds is 6. The number of carbonyl (C=O) groups is 1. The number of aryl methyl sites for hydroxylation is 1. The largest absolute Gasteiger partial charge is 0.326 e. The molecule has 1 fully saturated rings. The second kappa shape index (κ2) is 9.89. The number of nitrogens with one attached hydrogen (secondary N) is 1. The minimum absolute atomic E-state index is 0.110. The fourth-order valence-corrected chi connectivity index (χ4v) is 6.33. The number of hydrogen-bond donors (Lipinski definition) is 1.